The third kappa shape index (κ3) is 4.38. The van der Waals surface area contributed by atoms with Crippen LogP contribution in [0.4, 0.5) is 4.39 Å². The molecule has 21 heavy (non-hydrogen) atoms. The fourth-order valence-corrected chi connectivity index (χ4v) is 4.18. The summed E-state index contributed by atoms with van der Waals surface area (Å²) in [6.07, 6.45) is 4.35. The zero-order valence-corrected chi connectivity index (χ0v) is 14.2. The van der Waals surface area contributed by atoms with Crippen LogP contribution in [0.25, 0.3) is 0 Å². The Morgan fingerprint density at radius 2 is 2.05 bits per heavy atom. The third-order valence-corrected chi connectivity index (χ3v) is 5.85. The van der Waals surface area contributed by atoms with E-state index in [1.165, 1.54) is 22.2 Å². The summed E-state index contributed by atoms with van der Waals surface area (Å²) in [4.78, 5) is 1.36. The van der Waals surface area contributed by atoms with Gasteiger partial charge in [-0.05, 0) is 77.2 Å². The van der Waals surface area contributed by atoms with E-state index in [4.69, 9.17) is 0 Å². The smallest absolute Gasteiger partial charge is 0.126 e. The minimum atomic E-state index is -0.0841. The average molecular weight is 368 g/mol. The van der Waals surface area contributed by atoms with Crippen LogP contribution in [0.5, 0.6) is 0 Å². The van der Waals surface area contributed by atoms with Crippen LogP contribution >= 0.6 is 27.3 Å². The highest BCUT2D eigenvalue weighted by Crippen LogP contribution is 2.28. The molecule has 0 spiro atoms. The first-order chi connectivity index (χ1) is 10.2. The molecule has 0 saturated heterocycles. The number of halogens is 2. The molecule has 4 heteroatoms. The first-order valence-electron chi connectivity index (χ1n) is 7.41. The van der Waals surface area contributed by atoms with Crippen molar-refractivity contribution in [1.82, 2.24) is 5.32 Å². The highest BCUT2D eigenvalue weighted by Gasteiger charge is 2.23. The molecule has 0 amide bonds. The Labute approximate surface area is 137 Å². The normalized spacial score (nSPS) is 16.1. The van der Waals surface area contributed by atoms with E-state index in [1.807, 2.05) is 12.1 Å². The van der Waals surface area contributed by atoms with Crippen LogP contribution in [0.1, 0.15) is 23.3 Å². The molecule has 1 heterocycles. The molecule has 2 aromatic rings. The van der Waals surface area contributed by atoms with E-state index >= 15 is 0 Å². The Balaban J connectivity index is 1.68. The summed E-state index contributed by atoms with van der Waals surface area (Å²) in [5.41, 5.74) is 0.827. The average Bonchev–Trinajstić information content (AvgIpc) is 3.22. The maximum Gasteiger partial charge on any atom is 0.126 e. The number of rotatable bonds is 7. The Kier molecular flexibility index (Phi) is 5.09. The Hall–Kier alpha value is -0.710. The zero-order valence-electron chi connectivity index (χ0n) is 11.8. The summed E-state index contributed by atoms with van der Waals surface area (Å²) < 4.78 is 15.1. The fourth-order valence-electron chi connectivity index (χ4n) is 2.55. The SMILES string of the molecule is Fc1ccccc1CC(CNC1CC1)Cc1sccc1Br. The van der Waals surface area contributed by atoms with Gasteiger partial charge in [0.15, 0.2) is 0 Å². The quantitative estimate of drug-likeness (QED) is 0.740. The number of hydrogen-bond acceptors (Lipinski definition) is 2. The first-order valence-corrected chi connectivity index (χ1v) is 9.08. The second-order valence-electron chi connectivity index (χ2n) is 5.74. The van der Waals surface area contributed by atoms with Gasteiger partial charge in [-0.2, -0.15) is 0 Å². The van der Waals surface area contributed by atoms with Crippen LogP contribution in [-0.4, -0.2) is 12.6 Å². The van der Waals surface area contributed by atoms with Crippen molar-refractivity contribution in [3.63, 3.8) is 0 Å². The van der Waals surface area contributed by atoms with E-state index in [0.717, 1.165) is 24.9 Å². The van der Waals surface area contributed by atoms with Crippen LogP contribution in [0.2, 0.25) is 0 Å². The maximum absolute atomic E-state index is 13.9. The van der Waals surface area contributed by atoms with Gasteiger partial charge in [0.2, 0.25) is 0 Å². The van der Waals surface area contributed by atoms with Crippen molar-refractivity contribution < 1.29 is 4.39 Å². The molecule has 1 saturated carbocycles. The molecule has 1 nitrogen and oxygen atoms in total. The minimum Gasteiger partial charge on any atom is -0.314 e. The second-order valence-corrected chi connectivity index (χ2v) is 7.59. The molecule has 0 bridgehead atoms. The molecule has 1 atom stereocenters. The molecule has 0 radical (unpaired) electrons. The molecule has 1 unspecified atom stereocenters. The van der Waals surface area contributed by atoms with E-state index < -0.39 is 0 Å². The van der Waals surface area contributed by atoms with Crippen molar-refractivity contribution in [3.05, 3.63) is 56.4 Å². The topological polar surface area (TPSA) is 12.0 Å². The molecular formula is C17H19BrFNS. The van der Waals surface area contributed by atoms with Crippen LogP contribution in [-0.2, 0) is 12.8 Å². The minimum absolute atomic E-state index is 0.0841. The number of hydrogen-bond donors (Lipinski definition) is 1. The Bertz CT molecular complexity index is 594. The van der Waals surface area contributed by atoms with Crippen LogP contribution < -0.4 is 5.32 Å². The van der Waals surface area contributed by atoms with E-state index in [0.29, 0.717) is 12.0 Å². The summed E-state index contributed by atoms with van der Waals surface area (Å²) >= 11 is 5.38. The molecule has 0 aliphatic heterocycles. The van der Waals surface area contributed by atoms with Gasteiger partial charge in [0.25, 0.3) is 0 Å². The van der Waals surface area contributed by atoms with Gasteiger partial charge in [-0.15, -0.1) is 11.3 Å². The number of thiophene rings is 1. The number of nitrogens with one attached hydrogen (secondary N) is 1. The molecule has 1 fully saturated rings. The van der Waals surface area contributed by atoms with Crippen molar-refractivity contribution in [2.45, 2.75) is 31.7 Å². The first kappa shape index (κ1) is 15.2. The summed E-state index contributed by atoms with van der Waals surface area (Å²) in [6.45, 7) is 0.962. The van der Waals surface area contributed by atoms with E-state index in [1.54, 1.807) is 23.5 Å². The van der Waals surface area contributed by atoms with E-state index in [-0.39, 0.29) is 5.82 Å². The Morgan fingerprint density at radius 1 is 1.24 bits per heavy atom. The highest BCUT2D eigenvalue weighted by atomic mass is 79.9. The van der Waals surface area contributed by atoms with Gasteiger partial charge in [-0.1, -0.05) is 18.2 Å². The van der Waals surface area contributed by atoms with Gasteiger partial charge >= 0.3 is 0 Å². The van der Waals surface area contributed by atoms with Crippen LogP contribution in [0.15, 0.2) is 40.2 Å². The lowest BCUT2D eigenvalue weighted by atomic mass is 9.95. The predicted molar refractivity (Wildman–Crippen MR) is 90.3 cm³/mol. The molecule has 1 aromatic carbocycles. The Morgan fingerprint density at radius 3 is 2.71 bits per heavy atom. The predicted octanol–water partition coefficient (Wildman–Crippen LogP) is 4.80. The van der Waals surface area contributed by atoms with Crippen LogP contribution in [0, 0.1) is 11.7 Å². The summed E-state index contributed by atoms with van der Waals surface area (Å²) in [7, 11) is 0. The summed E-state index contributed by atoms with van der Waals surface area (Å²) in [6, 6.07) is 9.93. The monoisotopic (exact) mass is 367 g/mol. The van der Waals surface area contributed by atoms with Gasteiger partial charge < -0.3 is 5.32 Å². The van der Waals surface area contributed by atoms with Crippen LogP contribution in [0.3, 0.4) is 0 Å². The van der Waals surface area contributed by atoms with Crippen molar-refractivity contribution >= 4 is 27.3 Å². The third-order valence-electron chi connectivity index (χ3n) is 3.90. The van der Waals surface area contributed by atoms with Crippen molar-refractivity contribution in [3.8, 4) is 0 Å². The molecule has 1 aliphatic rings. The molecule has 3 rings (SSSR count). The largest absolute Gasteiger partial charge is 0.314 e. The van der Waals surface area contributed by atoms with Gasteiger partial charge in [0.1, 0.15) is 5.82 Å². The molecule has 112 valence electrons. The second kappa shape index (κ2) is 7.03. The maximum atomic E-state index is 13.9. The van der Waals surface area contributed by atoms with Crippen molar-refractivity contribution in [2.75, 3.05) is 6.54 Å². The fraction of sp³-hybridized carbons (Fsp3) is 0.412. The van der Waals surface area contributed by atoms with Crippen molar-refractivity contribution in [1.29, 1.82) is 0 Å². The molecule has 1 aliphatic carbocycles. The van der Waals surface area contributed by atoms with Gasteiger partial charge in [0.05, 0.1) is 0 Å². The molecule has 1 aromatic heterocycles. The molecular weight excluding hydrogens is 349 g/mol. The van der Waals surface area contributed by atoms with Gasteiger partial charge in [-0.25, -0.2) is 4.39 Å². The van der Waals surface area contributed by atoms with Gasteiger partial charge in [-0.3, -0.25) is 0 Å². The lowest BCUT2D eigenvalue weighted by molar-refractivity contribution is 0.461. The van der Waals surface area contributed by atoms with Gasteiger partial charge in [0, 0.05) is 15.4 Å². The zero-order chi connectivity index (χ0) is 14.7. The molecule has 1 N–H and O–H groups in total. The standard InChI is InChI=1S/C17H19BrFNS/c18-15-7-8-21-17(15)10-12(11-20-14-5-6-14)9-13-3-1-2-4-16(13)19/h1-4,7-8,12,14,20H,5-6,9-11H2. The summed E-state index contributed by atoms with van der Waals surface area (Å²) in [5, 5.41) is 5.70. The summed E-state index contributed by atoms with van der Waals surface area (Å²) in [5.74, 6) is 0.344. The lowest BCUT2D eigenvalue weighted by Crippen LogP contribution is -2.27. The van der Waals surface area contributed by atoms with Crippen molar-refractivity contribution in [2.24, 2.45) is 5.92 Å². The van der Waals surface area contributed by atoms with E-state index in [9.17, 15) is 4.39 Å². The lowest BCUT2D eigenvalue weighted by Gasteiger charge is -2.18. The highest BCUT2D eigenvalue weighted by molar-refractivity contribution is 9.10. The number of benzene rings is 1. The van der Waals surface area contributed by atoms with E-state index in [2.05, 4.69) is 32.7 Å².